The molecule has 0 saturated carbocycles. The number of hydrogen-bond acceptors (Lipinski definition) is 5. The van der Waals surface area contributed by atoms with Crippen molar-refractivity contribution in [1.29, 1.82) is 5.41 Å². The fraction of sp³-hybridized carbons (Fsp3) is 0.545. The number of hydrogen-bond donors (Lipinski definition) is 2. The first-order chi connectivity index (χ1) is 8.52. The standard InChI is InChI=1S/C11H15N3O4/c1-7(12)9-4-11(18-10(9)6-15)13-3-2-8(5-13)14(16)17/h2-3,5,9-12,15H,4,6H2,1H3/t9-,10-,11-/m1/s1. The summed E-state index contributed by atoms with van der Waals surface area (Å²) in [6.45, 7) is 1.53. The molecule has 1 aromatic rings. The van der Waals surface area contributed by atoms with Gasteiger partial charge in [-0.2, -0.15) is 0 Å². The SMILES string of the molecule is CC(=N)[C@H]1C[C@H](n2ccc([N+](=O)[O-])c2)O[C@@H]1CO. The van der Waals surface area contributed by atoms with E-state index in [1.165, 1.54) is 12.3 Å². The molecule has 0 spiro atoms. The monoisotopic (exact) mass is 253 g/mol. The van der Waals surface area contributed by atoms with E-state index in [9.17, 15) is 15.2 Å². The Morgan fingerprint density at radius 2 is 2.50 bits per heavy atom. The Balaban J connectivity index is 2.15. The molecule has 1 aliphatic heterocycles. The largest absolute Gasteiger partial charge is 0.394 e. The average Bonchev–Trinajstić information content (AvgIpc) is 2.95. The van der Waals surface area contributed by atoms with Crippen LogP contribution in [0.15, 0.2) is 18.5 Å². The number of aliphatic hydroxyl groups excluding tert-OH is 1. The highest BCUT2D eigenvalue weighted by molar-refractivity contribution is 5.82. The third kappa shape index (κ3) is 2.27. The van der Waals surface area contributed by atoms with Gasteiger partial charge < -0.3 is 19.8 Å². The molecule has 1 aromatic heterocycles. The summed E-state index contributed by atoms with van der Waals surface area (Å²) >= 11 is 0. The lowest BCUT2D eigenvalue weighted by atomic mass is 9.96. The quantitative estimate of drug-likeness (QED) is 0.480. The molecule has 0 unspecified atom stereocenters. The second kappa shape index (κ2) is 4.87. The molecule has 18 heavy (non-hydrogen) atoms. The molecule has 0 amide bonds. The first-order valence-corrected chi connectivity index (χ1v) is 5.66. The Hall–Kier alpha value is -1.73. The zero-order valence-electron chi connectivity index (χ0n) is 9.94. The van der Waals surface area contributed by atoms with Gasteiger partial charge in [0.25, 0.3) is 5.69 Å². The lowest BCUT2D eigenvalue weighted by Gasteiger charge is -2.14. The van der Waals surface area contributed by atoms with Crippen molar-refractivity contribution in [1.82, 2.24) is 4.57 Å². The van der Waals surface area contributed by atoms with Crippen molar-refractivity contribution in [2.24, 2.45) is 5.92 Å². The smallest absolute Gasteiger partial charge is 0.286 e. The summed E-state index contributed by atoms with van der Waals surface area (Å²) in [5.41, 5.74) is 0.465. The number of aliphatic hydroxyl groups is 1. The van der Waals surface area contributed by atoms with E-state index >= 15 is 0 Å². The van der Waals surface area contributed by atoms with Crippen LogP contribution in [0, 0.1) is 21.4 Å². The molecule has 2 N–H and O–H groups in total. The first-order valence-electron chi connectivity index (χ1n) is 5.66. The Bertz CT molecular complexity index is 471. The van der Waals surface area contributed by atoms with Crippen LogP contribution in [0.5, 0.6) is 0 Å². The third-order valence-corrected chi connectivity index (χ3v) is 3.21. The fourth-order valence-electron chi connectivity index (χ4n) is 2.23. The van der Waals surface area contributed by atoms with E-state index in [4.69, 9.17) is 10.1 Å². The molecule has 7 nitrogen and oxygen atoms in total. The minimum Gasteiger partial charge on any atom is -0.394 e. The number of nitrogens with zero attached hydrogens (tertiary/aromatic N) is 2. The van der Waals surface area contributed by atoms with Gasteiger partial charge in [0.15, 0.2) is 0 Å². The van der Waals surface area contributed by atoms with Crippen molar-refractivity contribution in [3.05, 3.63) is 28.6 Å². The van der Waals surface area contributed by atoms with Crippen LogP contribution in [0.2, 0.25) is 0 Å². The van der Waals surface area contributed by atoms with Gasteiger partial charge in [0, 0.05) is 30.3 Å². The van der Waals surface area contributed by atoms with Crippen LogP contribution in [0.1, 0.15) is 19.6 Å². The highest BCUT2D eigenvalue weighted by Gasteiger charge is 2.37. The molecule has 0 bridgehead atoms. The van der Waals surface area contributed by atoms with Gasteiger partial charge in [-0.15, -0.1) is 0 Å². The lowest BCUT2D eigenvalue weighted by molar-refractivity contribution is -0.384. The van der Waals surface area contributed by atoms with Crippen LogP contribution in [0.25, 0.3) is 0 Å². The summed E-state index contributed by atoms with van der Waals surface area (Å²) in [7, 11) is 0. The summed E-state index contributed by atoms with van der Waals surface area (Å²) in [5, 5.41) is 27.4. The molecular formula is C11H15N3O4. The van der Waals surface area contributed by atoms with Crippen molar-refractivity contribution in [2.75, 3.05) is 6.61 Å². The van der Waals surface area contributed by atoms with Gasteiger partial charge in [0.1, 0.15) is 6.23 Å². The van der Waals surface area contributed by atoms with Crippen molar-refractivity contribution >= 4 is 11.4 Å². The molecular weight excluding hydrogens is 238 g/mol. The van der Waals surface area contributed by atoms with Crippen molar-refractivity contribution < 1.29 is 14.8 Å². The molecule has 2 rings (SSSR count). The summed E-state index contributed by atoms with van der Waals surface area (Å²) in [6.07, 6.45) is 2.77. The topological polar surface area (TPSA) is 101 Å². The third-order valence-electron chi connectivity index (χ3n) is 3.21. The maximum absolute atomic E-state index is 10.6. The van der Waals surface area contributed by atoms with Gasteiger partial charge in [-0.05, 0) is 6.92 Å². The van der Waals surface area contributed by atoms with Gasteiger partial charge in [-0.25, -0.2) is 0 Å². The Labute approximate surface area is 104 Å². The zero-order chi connectivity index (χ0) is 13.3. The van der Waals surface area contributed by atoms with Crippen LogP contribution in [0.4, 0.5) is 5.69 Å². The molecule has 1 fully saturated rings. The highest BCUT2D eigenvalue weighted by Crippen LogP contribution is 2.34. The maximum atomic E-state index is 10.6. The van der Waals surface area contributed by atoms with Crippen LogP contribution >= 0.6 is 0 Å². The summed E-state index contributed by atoms with van der Waals surface area (Å²) in [5.74, 6) is -0.138. The van der Waals surface area contributed by atoms with E-state index in [0.29, 0.717) is 12.1 Å². The summed E-state index contributed by atoms with van der Waals surface area (Å²) in [4.78, 5) is 10.1. The van der Waals surface area contributed by atoms with Gasteiger partial charge in [-0.1, -0.05) is 0 Å². The molecule has 1 saturated heterocycles. The van der Waals surface area contributed by atoms with Crippen LogP contribution in [0.3, 0.4) is 0 Å². The molecule has 7 heteroatoms. The van der Waals surface area contributed by atoms with Crippen LogP contribution < -0.4 is 0 Å². The van der Waals surface area contributed by atoms with Crippen molar-refractivity contribution in [2.45, 2.75) is 25.7 Å². The fourth-order valence-corrected chi connectivity index (χ4v) is 2.23. The van der Waals surface area contributed by atoms with E-state index < -0.39 is 11.0 Å². The van der Waals surface area contributed by atoms with E-state index in [0.717, 1.165) is 0 Å². The van der Waals surface area contributed by atoms with Gasteiger partial charge in [0.05, 0.1) is 23.8 Å². The number of ether oxygens (including phenoxy) is 1. The van der Waals surface area contributed by atoms with Gasteiger partial charge in [0.2, 0.25) is 0 Å². The molecule has 3 atom stereocenters. The molecule has 0 aromatic carbocycles. The van der Waals surface area contributed by atoms with Crippen molar-refractivity contribution in [3.8, 4) is 0 Å². The van der Waals surface area contributed by atoms with Crippen LogP contribution in [-0.2, 0) is 4.74 Å². The van der Waals surface area contributed by atoms with E-state index in [1.54, 1.807) is 17.7 Å². The van der Waals surface area contributed by atoms with E-state index in [-0.39, 0.29) is 24.4 Å². The average molecular weight is 253 g/mol. The van der Waals surface area contributed by atoms with E-state index in [2.05, 4.69) is 0 Å². The molecule has 2 heterocycles. The number of nitro groups is 1. The second-order valence-corrected chi connectivity index (χ2v) is 4.41. The van der Waals surface area contributed by atoms with E-state index in [1.807, 2.05) is 0 Å². The Kier molecular flexibility index (Phi) is 3.44. The molecule has 0 radical (unpaired) electrons. The zero-order valence-corrected chi connectivity index (χ0v) is 9.94. The highest BCUT2D eigenvalue weighted by atomic mass is 16.6. The van der Waals surface area contributed by atoms with Gasteiger partial charge in [-0.3, -0.25) is 10.1 Å². The molecule has 98 valence electrons. The predicted octanol–water partition coefficient (Wildman–Crippen LogP) is 1.33. The first kappa shape index (κ1) is 12.7. The minimum absolute atomic E-state index is 0.00849. The maximum Gasteiger partial charge on any atom is 0.286 e. The molecule has 0 aliphatic carbocycles. The predicted molar refractivity (Wildman–Crippen MR) is 63.6 cm³/mol. The number of nitrogens with one attached hydrogen (secondary N) is 1. The number of rotatable bonds is 4. The minimum atomic E-state index is -0.464. The lowest BCUT2D eigenvalue weighted by Crippen LogP contribution is -2.25. The summed E-state index contributed by atoms with van der Waals surface area (Å²) < 4.78 is 7.23. The van der Waals surface area contributed by atoms with Crippen molar-refractivity contribution in [3.63, 3.8) is 0 Å². The second-order valence-electron chi connectivity index (χ2n) is 4.41. The van der Waals surface area contributed by atoms with Gasteiger partial charge >= 0.3 is 0 Å². The van der Waals surface area contributed by atoms with Crippen LogP contribution in [-0.4, -0.2) is 33.0 Å². The Morgan fingerprint density at radius 3 is 2.94 bits per heavy atom. The number of aromatic nitrogens is 1. The normalized spacial score (nSPS) is 27.3. The summed E-state index contributed by atoms with van der Waals surface area (Å²) in [6, 6.07) is 1.40. The molecule has 1 aliphatic rings. The Morgan fingerprint density at radius 1 is 1.78 bits per heavy atom.